The lowest BCUT2D eigenvalue weighted by molar-refractivity contribution is -0.137. The summed E-state index contributed by atoms with van der Waals surface area (Å²) in [6, 6.07) is 9.46. The van der Waals surface area contributed by atoms with Crippen molar-refractivity contribution in [1.82, 2.24) is 15.1 Å². The molecule has 0 atom stereocenters. The smallest absolute Gasteiger partial charge is 0.340 e. The van der Waals surface area contributed by atoms with Crippen molar-refractivity contribution < 1.29 is 27.6 Å². The van der Waals surface area contributed by atoms with Crippen molar-refractivity contribution in [1.29, 1.82) is 0 Å². The first-order valence-corrected chi connectivity index (χ1v) is 10.4. The molecule has 34 heavy (non-hydrogen) atoms. The van der Waals surface area contributed by atoms with Gasteiger partial charge in [-0.1, -0.05) is 23.7 Å². The lowest BCUT2D eigenvalue weighted by Gasteiger charge is -2.10. The molecule has 0 saturated heterocycles. The number of hydrogen-bond acceptors (Lipinski definition) is 4. The minimum absolute atomic E-state index is 0.0584. The Morgan fingerprint density at radius 3 is 2.41 bits per heavy atom. The van der Waals surface area contributed by atoms with Crippen LogP contribution in [0.5, 0.6) is 0 Å². The first-order chi connectivity index (χ1) is 15.9. The van der Waals surface area contributed by atoms with Gasteiger partial charge >= 0.3 is 6.18 Å². The number of carbonyl (C=O) groups is 3. The summed E-state index contributed by atoms with van der Waals surface area (Å²) >= 11 is 6.06. The summed E-state index contributed by atoms with van der Waals surface area (Å²) in [5.41, 5.74) is 0.757. The zero-order chi connectivity index (χ0) is 25.2. The molecule has 2 aromatic carbocycles. The van der Waals surface area contributed by atoms with E-state index in [1.807, 2.05) is 6.92 Å². The molecule has 0 aliphatic carbocycles. The van der Waals surface area contributed by atoms with Gasteiger partial charge in [0.25, 0.3) is 11.7 Å². The first kappa shape index (κ1) is 25.0. The van der Waals surface area contributed by atoms with E-state index in [1.54, 1.807) is 18.2 Å². The van der Waals surface area contributed by atoms with E-state index in [0.717, 1.165) is 22.4 Å². The standard InChI is InChI=1S/C23H20ClF3N4O3/c1-12-7-8-18(17(24)9-12)29-19(32)11-28-22(34)21(33)20-13(2)30-31(14(20)3)16-6-4-5-15(10-16)23(25,26)27/h4-10H,11H2,1-3H3,(H,28,34)(H,29,32). The van der Waals surface area contributed by atoms with E-state index in [0.29, 0.717) is 10.7 Å². The maximum Gasteiger partial charge on any atom is 0.416 e. The average molecular weight is 493 g/mol. The van der Waals surface area contributed by atoms with Crippen LogP contribution < -0.4 is 10.6 Å². The number of benzene rings is 2. The van der Waals surface area contributed by atoms with Gasteiger partial charge in [-0.25, -0.2) is 4.68 Å². The summed E-state index contributed by atoms with van der Waals surface area (Å²) in [4.78, 5) is 37.3. The van der Waals surface area contributed by atoms with Crippen molar-refractivity contribution in [2.45, 2.75) is 26.9 Å². The maximum absolute atomic E-state index is 13.1. The summed E-state index contributed by atoms with van der Waals surface area (Å²) in [5, 5.41) is 9.22. The van der Waals surface area contributed by atoms with Crippen LogP contribution in [0.4, 0.5) is 18.9 Å². The molecular formula is C23H20ClF3N4O3. The van der Waals surface area contributed by atoms with Crippen LogP contribution >= 0.6 is 11.6 Å². The second kappa shape index (κ2) is 9.68. The van der Waals surface area contributed by atoms with Crippen molar-refractivity contribution in [2.24, 2.45) is 0 Å². The number of halogens is 4. The normalized spacial score (nSPS) is 11.3. The Balaban J connectivity index is 1.73. The highest BCUT2D eigenvalue weighted by Gasteiger charge is 2.31. The third kappa shape index (κ3) is 5.45. The van der Waals surface area contributed by atoms with Crippen molar-refractivity contribution in [3.05, 3.63) is 75.6 Å². The molecule has 2 amide bonds. The molecule has 1 heterocycles. The largest absolute Gasteiger partial charge is 0.416 e. The zero-order valence-electron chi connectivity index (χ0n) is 18.4. The SMILES string of the molecule is Cc1ccc(NC(=O)CNC(=O)C(=O)c2c(C)nn(-c3cccc(C(F)(F)F)c3)c2C)c(Cl)c1. The number of ketones is 1. The fraction of sp³-hybridized carbons (Fsp3) is 0.217. The molecule has 3 aromatic rings. The van der Waals surface area contributed by atoms with Gasteiger partial charge < -0.3 is 10.6 Å². The van der Waals surface area contributed by atoms with Gasteiger partial charge in [0.05, 0.1) is 45.5 Å². The Labute approximate surface area is 197 Å². The first-order valence-electron chi connectivity index (χ1n) is 10.0. The van der Waals surface area contributed by atoms with Crippen LogP contribution in [0.25, 0.3) is 5.69 Å². The van der Waals surface area contributed by atoms with Crippen LogP contribution in [-0.2, 0) is 15.8 Å². The molecule has 178 valence electrons. The van der Waals surface area contributed by atoms with Crippen LogP contribution in [0.15, 0.2) is 42.5 Å². The molecule has 0 radical (unpaired) electrons. The van der Waals surface area contributed by atoms with Gasteiger partial charge in [-0.3, -0.25) is 14.4 Å². The Bertz CT molecular complexity index is 1280. The molecule has 11 heteroatoms. The van der Waals surface area contributed by atoms with Gasteiger partial charge in [0, 0.05) is 0 Å². The number of amides is 2. The Morgan fingerprint density at radius 2 is 1.76 bits per heavy atom. The number of Topliss-reactive ketones (excluding diaryl/α,β-unsaturated/α-hetero) is 1. The van der Waals surface area contributed by atoms with Gasteiger partial charge in [-0.15, -0.1) is 0 Å². The van der Waals surface area contributed by atoms with E-state index >= 15 is 0 Å². The number of nitrogens with one attached hydrogen (secondary N) is 2. The van der Waals surface area contributed by atoms with Gasteiger partial charge in [-0.05, 0) is 56.7 Å². The van der Waals surface area contributed by atoms with Crippen molar-refractivity contribution >= 4 is 34.9 Å². The lowest BCUT2D eigenvalue weighted by Crippen LogP contribution is -2.37. The molecule has 0 unspecified atom stereocenters. The zero-order valence-corrected chi connectivity index (χ0v) is 19.1. The molecule has 0 aliphatic rings. The highest BCUT2D eigenvalue weighted by atomic mass is 35.5. The number of aryl methyl sites for hydroxylation is 2. The molecule has 0 saturated carbocycles. The molecular weight excluding hydrogens is 473 g/mol. The Morgan fingerprint density at radius 1 is 1.06 bits per heavy atom. The Kier molecular flexibility index (Phi) is 7.11. The molecule has 0 bridgehead atoms. The number of anilines is 1. The predicted molar refractivity (Wildman–Crippen MR) is 120 cm³/mol. The topological polar surface area (TPSA) is 93.1 Å². The van der Waals surface area contributed by atoms with Crippen LogP contribution in [0.2, 0.25) is 5.02 Å². The highest BCUT2D eigenvalue weighted by molar-refractivity contribution is 6.43. The van der Waals surface area contributed by atoms with E-state index in [2.05, 4.69) is 15.7 Å². The van der Waals surface area contributed by atoms with Crippen molar-refractivity contribution in [3.8, 4) is 5.69 Å². The van der Waals surface area contributed by atoms with E-state index in [4.69, 9.17) is 11.6 Å². The van der Waals surface area contributed by atoms with Crippen LogP contribution in [0.1, 0.15) is 32.9 Å². The van der Waals surface area contributed by atoms with Gasteiger partial charge in [0.2, 0.25) is 5.91 Å². The van der Waals surface area contributed by atoms with Crippen LogP contribution in [0.3, 0.4) is 0 Å². The van der Waals surface area contributed by atoms with Crippen molar-refractivity contribution in [3.63, 3.8) is 0 Å². The van der Waals surface area contributed by atoms with E-state index in [-0.39, 0.29) is 22.6 Å². The second-order valence-electron chi connectivity index (χ2n) is 7.55. The molecule has 0 spiro atoms. The number of alkyl halides is 3. The lowest BCUT2D eigenvalue weighted by atomic mass is 10.1. The second-order valence-corrected chi connectivity index (χ2v) is 7.96. The maximum atomic E-state index is 13.1. The van der Waals surface area contributed by atoms with Crippen LogP contribution in [0, 0.1) is 20.8 Å². The van der Waals surface area contributed by atoms with E-state index in [9.17, 15) is 27.6 Å². The molecule has 0 fully saturated rings. The summed E-state index contributed by atoms with van der Waals surface area (Å²) in [6.07, 6.45) is -4.55. The monoisotopic (exact) mass is 492 g/mol. The summed E-state index contributed by atoms with van der Waals surface area (Å²) < 4.78 is 40.3. The number of carbonyl (C=O) groups excluding carboxylic acids is 3. The quantitative estimate of drug-likeness (QED) is 0.394. The number of nitrogens with zero attached hydrogens (tertiary/aromatic N) is 2. The fourth-order valence-electron chi connectivity index (χ4n) is 3.31. The average Bonchev–Trinajstić information content (AvgIpc) is 3.07. The highest BCUT2D eigenvalue weighted by Crippen LogP contribution is 2.31. The fourth-order valence-corrected chi connectivity index (χ4v) is 3.59. The molecule has 3 rings (SSSR count). The number of rotatable bonds is 6. The van der Waals surface area contributed by atoms with Gasteiger partial charge in [-0.2, -0.15) is 18.3 Å². The molecule has 1 aromatic heterocycles. The Hall–Kier alpha value is -3.66. The summed E-state index contributed by atoms with van der Waals surface area (Å²) in [7, 11) is 0. The molecule has 7 nitrogen and oxygen atoms in total. The van der Waals surface area contributed by atoms with E-state index < -0.39 is 35.9 Å². The minimum Gasteiger partial charge on any atom is -0.340 e. The van der Waals surface area contributed by atoms with Gasteiger partial charge in [0.15, 0.2) is 0 Å². The predicted octanol–water partition coefficient (Wildman–Crippen LogP) is 4.41. The summed E-state index contributed by atoms with van der Waals surface area (Å²) in [6.45, 7) is 4.27. The number of aromatic nitrogens is 2. The third-order valence-electron chi connectivity index (χ3n) is 4.95. The molecule has 0 aliphatic heterocycles. The minimum atomic E-state index is -4.55. The van der Waals surface area contributed by atoms with Crippen LogP contribution in [-0.4, -0.2) is 33.9 Å². The van der Waals surface area contributed by atoms with Gasteiger partial charge in [0.1, 0.15) is 0 Å². The summed E-state index contributed by atoms with van der Waals surface area (Å²) in [5.74, 6) is -2.62. The molecule has 2 N–H and O–H groups in total. The third-order valence-corrected chi connectivity index (χ3v) is 5.26. The van der Waals surface area contributed by atoms with E-state index in [1.165, 1.54) is 26.0 Å². The van der Waals surface area contributed by atoms with Crippen molar-refractivity contribution in [2.75, 3.05) is 11.9 Å². The number of hydrogen-bond donors (Lipinski definition) is 2.